The Balaban J connectivity index is 1.85. The first kappa shape index (κ1) is 22.1. The molecule has 7 nitrogen and oxygen atoms in total. The van der Waals surface area contributed by atoms with Gasteiger partial charge in [-0.25, -0.2) is 4.39 Å². The number of esters is 1. The lowest BCUT2D eigenvalue weighted by molar-refractivity contribution is -0.150. The highest BCUT2D eigenvalue weighted by Crippen LogP contribution is 2.40. The molecular formula is C22H18FN3O4S. The normalized spacial score (nSPS) is 18.0. The number of ether oxygens (including phenoxy) is 1. The number of halogens is 1. The second-order valence-corrected chi connectivity index (χ2v) is 7.56. The van der Waals surface area contributed by atoms with E-state index in [4.69, 9.17) is 4.74 Å². The van der Waals surface area contributed by atoms with Crippen molar-refractivity contribution in [3.63, 3.8) is 0 Å². The summed E-state index contributed by atoms with van der Waals surface area (Å²) in [6.07, 6.45) is 0. The first-order valence-electron chi connectivity index (χ1n) is 9.20. The van der Waals surface area contributed by atoms with Gasteiger partial charge in [0, 0.05) is 11.6 Å². The molecule has 2 atom stereocenters. The van der Waals surface area contributed by atoms with E-state index in [-0.39, 0.29) is 16.4 Å². The second-order valence-electron chi connectivity index (χ2n) is 6.58. The Hall–Kier alpha value is -3.64. The minimum absolute atomic E-state index is 0.109. The molecule has 0 bridgehead atoms. The van der Waals surface area contributed by atoms with Gasteiger partial charge in [-0.2, -0.15) is 5.26 Å². The minimum atomic E-state index is -1.22. The molecule has 1 aliphatic heterocycles. The van der Waals surface area contributed by atoms with Crippen molar-refractivity contribution in [2.75, 3.05) is 18.2 Å². The van der Waals surface area contributed by atoms with Crippen LogP contribution in [0.25, 0.3) is 0 Å². The van der Waals surface area contributed by atoms with Crippen molar-refractivity contribution in [1.82, 2.24) is 5.32 Å². The number of hydrogen-bond donors (Lipinski definition) is 2. The van der Waals surface area contributed by atoms with E-state index >= 15 is 0 Å². The van der Waals surface area contributed by atoms with Gasteiger partial charge in [-0.05, 0) is 29.8 Å². The van der Waals surface area contributed by atoms with E-state index in [2.05, 4.69) is 16.7 Å². The molecule has 0 unspecified atom stereocenters. The maximum Gasteiger partial charge on any atom is 0.319 e. The number of nitriles is 1. The van der Waals surface area contributed by atoms with Gasteiger partial charge in [0.2, 0.25) is 11.8 Å². The van der Waals surface area contributed by atoms with Crippen LogP contribution in [0, 0.1) is 23.1 Å². The zero-order valence-corrected chi connectivity index (χ0v) is 17.2. The highest BCUT2D eigenvalue weighted by Gasteiger charge is 2.44. The molecule has 3 rings (SSSR count). The zero-order valence-electron chi connectivity index (χ0n) is 16.4. The van der Waals surface area contributed by atoms with Crippen LogP contribution in [0.2, 0.25) is 0 Å². The van der Waals surface area contributed by atoms with Gasteiger partial charge < -0.3 is 15.4 Å². The van der Waals surface area contributed by atoms with Crippen molar-refractivity contribution in [2.45, 2.75) is 5.92 Å². The van der Waals surface area contributed by atoms with E-state index in [1.807, 2.05) is 0 Å². The van der Waals surface area contributed by atoms with Crippen LogP contribution in [-0.4, -0.2) is 30.6 Å². The molecule has 2 aromatic rings. The number of allylic oxidation sites excluding steroid dienone is 1. The molecule has 0 saturated carbocycles. The molecular weight excluding hydrogens is 421 g/mol. The van der Waals surface area contributed by atoms with Crippen LogP contribution in [0.1, 0.15) is 11.5 Å². The van der Waals surface area contributed by atoms with Crippen molar-refractivity contribution in [1.29, 1.82) is 5.26 Å². The Labute approximate surface area is 182 Å². The summed E-state index contributed by atoms with van der Waals surface area (Å²) < 4.78 is 17.8. The van der Waals surface area contributed by atoms with E-state index in [0.717, 1.165) is 11.8 Å². The van der Waals surface area contributed by atoms with Crippen molar-refractivity contribution in [3.05, 3.63) is 76.6 Å². The van der Waals surface area contributed by atoms with Crippen molar-refractivity contribution in [2.24, 2.45) is 5.92 Å². The third kappa shape index (κ3) is 5.10. The minimum Gasteiger partial charge on any atom is -0.468 e. The van der Waals surface area contributed by atoms with Crippen molar-refractivity contribution < 1.29 is 23.5 Å². The lowest BCUT2D eigenvalue weighted by Gasteiger charge is -2.30. The van der Waals surface area contributed by atoms with Gasteiger partial charge in [0.25, 0.3) is 0 Å². The summed E-state index contributed by atoms with van der Waals surface area (Å²) >= 11 is 0.971. The van der Waals surface area contributed by atoms with Crippen molar-refractivity contribution >= 4 is 35.2 Å². The van der Waals surface area contributed by atoms with Gasteiger partial charge in [0.1, 0.15) is 11.7 Å². The number of nitrogens with one attached hydrogen (secondary N) is 2. The monoisotopic (exact) mass is 439 g/mol. The number of anilines is 1. The first-order chi connectivity index (χ1) is 14.9. The van der Waals surface area contributed by atoms with Gasteiger partial charge in [-0.3, -0.25) is 14.4 Å². The number of carbonyl (C=O) groups excluding carboxylic acids is 3. The van der Waals surface area contributed by atoms with Crippen LogP contribution in [0.15, 0.2) is 65.2 Å². The lowest BCUT2D eigenvalue weighted by Crippen LogP contribution is -2.44. The summed E-state index contributed by atoms with van der Waals surface area (Å²) in [6.45, 7) is 0. The van der Waals surface area contributed by atoms with Gasteiger partial charge in [-0.1, -0.05) is 42.1 Å². The number of methoxy groups -OCH3 is 1. The number of benzene rings is 2. The summed E-state index contributed by atoms with van der Waals surface area (Å²) in [4.78, 5) is 37.3. The van der Waals surface area contributed by atoms with E-state index in [1.54, 1.807) is 30.3 Å². The fourth-order valence-electron chi connectivity index (χ4n) is 3.21. The largest absolute Gasteiger partial charge is 0.468 e. The van der Waals surface area contributed by atoms with Crippen LogP contribution in [0.5, 0.6) is 0 Å². The summed E-state index contributed by atoms with van der Waals surface area (Å²) in [5.74, 6) is -4.36. The number of amides is 2. The van der Waals surface area contributed by atoms with E-state index in [1.165, 1.54) is 31.4 Å². The molecule has 31 heavy (non-hydrogen) atoms. The number of thioether (sulfide) groups is 1. The Bertz CT molecular complexity index is 1060. The van der Waals surface area contributed by atoms with Crippen molar-refractivity contribution in [3.8, 4) is 6.07 Å². The van der Waals surface area contributed by atoms with Crippen LogP contribution in [0.4, 0.5) is 10.1 Å². The fourth-order valence-corrected chi connectivity index (χ4v) is 4.06. The molecule has 2 amide bonds. The average Bonchev–Trinajstić information content (AvgIpc) is 2.78. The smallest absolute Gasteiger partial charge is 0.319 e. The average molecular weight is 439 g/mol. The highest BCUT2D eigenvalue weighted by atomic mass is 32.2. The third-order valence-electron chi connectivity index (χ3n) is 4.62. The topological polar surface area (TPSA) is 108 Å². The van der Waals surface area contributed by atoms with E-state index in [0.29, 0.717) is 11.3 Å². The standard InChI is InChI=1S/C22H18FN3O4S/c1-30-22(29)19-18(13-5-3-2-4-6-13)16(11-24)21(26-20(19)28)31-12-17(27)25-15-9-7-14(23)8-10-15/h2-10,18-19H,12H2,1H3,(H,25,27)(H,26,28)/t18-,19+/m1/s1. The van der Waals surface area contributed by atoms with Crippen LogP contribution in [0.3, 0.4) is 0 Å². The molecule has 0 fully saturated rings. The molecule has 0 radical (unpaired) electrons. The predicted octanol–water partition coefficient (Wildman–Crippen LogP) is 2.94. The molecule has 0 aliphatic carbocycles. The molecule has 9 heteroatoms. The number of carbonyl (C=O) groups is 3. The van der Waals surface area contributed by atoms with Crippen LogP contribution < -0.4 is 10.6 Å². The Morgan fingerprint density at radius 2 is 1.87 bits per heavy atom. The summed E-state index contributed by atoms with van der Waals surface area (Å²) in [6, 6.07) is 16.1. The molecule has 0 spiro atoms. The Morgan fingerprint density at radius 1 is 1.19 bits per heavy atom. The summed E-state index contributed by atoms with van der Waals surface area (Å²) in [5, 5.41) is 15.2. The maximum absolute atomic E-state index is 13.0. The van der Waals surface area contributed by atoms with E-state index < -0.39 is 35.4 Å². The molecule has 0 aromatic heterocycles. The lowest BCUT2D eigenvalue weighted by atomic mass is 9.78. The fraction of sp³-hybridized carbons (Fsp3) is 0.182. The summed E-state index contributed by atoms with van der Waals surface area (Å²) in [5.41, 5.74) is 1.20. The van der Waals surface area contributed by atoms with Gasteiger partial charge in [-0.15, -0.1) is 0 Å². The number of rotatable bonds is 6. The quantitative estimate of drug-likeness (QED) is 0.529. The molecule has 0 saturated heterocycles. The maximum atomic E-state index is 13.0. The molecule has 2 aromatic carbocycles. The predicted molar refractivity (Wildman–Crippen MR) is 113 cm³/mol. The molecule has 1 aliphatic rings. The van der Waals surface area contributed by atoms with Crippen LogP contribution in [-0.2, 0) is 19.1 Å². The highest BCUT2D eigenvalue weighted by molar-refractivity contribution is 8.03. The van der Waals surface area contributed by atoms with E-state index in [9.17, 15) is 24.0 Å². The van der Waals surface area contributed by atoms with Crippen LogP contribution >= 0.6 is 11.8 Å². The van der Waals surface area contributed by atoms with Gasteiger partial charge in [0.05, 0.1) is 29.5 Å². The SMILES string of the molecule is COC(=O)[C@@H]1C(=O)NC(SCC(=O)Nc2ccc(F)cc2)=C(C#N)[C@H]1c1ccccc1. The summed E-state index contributed by atoms with van der Waals surface area (Å²) in [7, 11) is 1.18. The molecule has 1 heterocycles. The van der Waals surface area contributed by atoms with Gasteiger partial charge >= 0.3 is 5.97 Å². The molecule has 158 valence electrons. The Kier molecular flexibility index (Phi) is 7.05. The number of hydrogen-bond acceptors (Lipinski definition) is 6. The zero-order chi connectivity index (χ0) is 22.4. The third-order valence-corrected chi connectivity index (χ3v) is 5.64. The molecule has 2 N–H and O–H groups in total. The second kappa shape index (κ2) is 9.91. The Morgan fingerprint density at radius 3 is 2.48 bits per heavy atom. The first-order valence-corrected chi connectivity index (χ1v) is 10.2. The van der Waals surface area contributed by atoms with Gasteiger partial charge in [0.15, 0.2) is 0 Å². The number of nitrogens with zero attached hydrogens (tertiary/aromatic N) is 1.